The summed E-state index contributed by atoms with van der Waals surface area (Å²) in [6.45, 7) is 3.55. The van der Waals surface area contributed by atoms with Gasteiger partial charge in [-0.1, -0.05) is 0 Å². The second-order valence-electron chi connectivity index (χ2n) is 4.24. The summed E-state index contributed by atoms with van der Waals surface area (Å²) in [7, 11) is 0. The first-order valence-corrected chi connectivity index (χ1v) is 8.67. The van der Waals surface area contributed by atoms with Crippen molar-refractivity contribution in [3.8, 4) is 0 Å². The first-order valence-electron chi connectivity index (χ1n) is 6.47. The van der Waals surface area contributed by atoms with E-state index in [4.69, 9.17) is 0 Å². The summed E-state index contributed by atoms with van der Waals surface area (Å²) < 4.78 is 0. The molecule has 2 N–H and O–H groups in total. The molecule has 1 fully saturated rings. The SMILES string of the molecule is CCNc1cc(C(=O)NCC2CSCCS2)ccn1. The van der Waals surface area contributed by atoms with Crippen LogP contribution in [-0.2, 0) is 0 Å². The number of hydrogen-bond donors (Lipinski definition) is 2. The minimum Gasteiger partial charge on any atom is -0.370 e. The summed E-state index contributed by atoms with van der Waals surface area (Å²) in [5.74, 6) is 4.27. The van der Waals surface area contributed by atoms with E-state index in [0.717, 1.165) is 24.7 Å². The lowest BCUT2D eigenvalue weighted by atomic mass is 10.2. The molecule has 1 aliphatic heterocycles. The summed E-state index contributed by atoms with van der Waals surface area (Å²) in [5, 5.41) is 6.66. The number of pyridine rings is 1. The van der Waals surface area contributed by atoms with Gasteiger partial charge in [-0.3, -0.25) is 4.79 Å². The van der Waals surface area contributed by atoms with E-state index in [0.29, 0.717) is 10.8 Å². The van der Waals surface area contributed by atoms with E-state index in [1.54, 1.807) is 18.3 Å². The van der Waals surface area contributed by atoms with E-state index in [1.165, 1.54) is 11.5 Å². The van der Waals surface area contributed by atoms with Gasteiger partial charge in [0.2, 0.25) is 0 Å². The van der Waals surface area contributed by atoms with E-state index in [2.05, 4.69) is 15.6 Å². The molecule has 0 aromatic carbocycles. The molecule has 1 amide bonds. The zero-order chi connectivity index (χ0) is 13.5. The first-order chi connectivity index (χ1) is 9.29. The van der Waals surface area contributed by atoms with Gasteiger partial charge in [0.1, 0.15) is 5.82 Å². The zero-order valence-corrected chi connectivity index (χ0v) is 12.6. The summed E-state index contributed by atoms with van der Waals surface area (Å²) in [6, 6.07) is 3.54. The highest BCUT2D eigenvalue weighted by Gasteiger charge is 2.15. The topological polar surface area (TPSA) is 54.0 Å². The van der Waals surface area contributed by atoms with Crippen LogP contribution in [0.4, 0.5) is 5.82 Å². The average Bonchev–Trinajstić information content (AvgIpc) is 2.46. The van der Waals surface area contributed by atoms with Crippen LogP contribution in [0, 0.1) is 0 Å². The maximum Gasteiger partial charge on any atom is 0.251 e. The molecule has 0 aliphatic carbocycles. The molecule has 0 bridgehead atoms. The molecule has 1 saturated heterocycles. The lowest BCUT2D eigenvalue weighted by Crippen LogP contribution is -2.33. The standard InChI is InChI=1S/C13H19N3OS2/c1-2-14-12-7-10(3-4-15-12)13(17)16-8-11-9-18-5-6-19-11/h3-4,7,11H,2,5-6,8-9H2,1H3,(H,14,15)(H,16,17). The van der Waals surface area contributed by atoms with Crippen molar-refractivity contribution in [1.82, 2.24) is 10.3 Å². The van der Waals surface area contributed by atoms with Crippen LogP contribution in [0.15, 0.2) is 18.3 Å². The van der Waals surface area contributed by atoms with Gasteiger partial charge in [0.25, 0.3) is 5.91 Å². The van der Waals surface area contributed by atoms with Crippen molar-refractivity contribution >= 4 is 35.2 Å². The number of rotatable bonds is 5. The lowest BCUT2D eigenvalue weighted by Gasteiger charge is -2.21. The molecule has 0 spiro atoms. The van der Waals surface area contributed by atoms with Crippen LogP contribution in [0.3, 0.4) is 0 Å². The van der Waals surface area contributed by atoms with Gasteiger partial charge >= 0.3 is 0 Å². The van der Waals surface area contributed by atoms with Gasteiger partial charge in [-0.05, 0) is 19.1 Å². The van der Waals surface area contributed by atoms with Crippen LogP contribution in [0.2, 0.25) is 0 Å². The van der Waals surface area contributed by atoms with Crippen LogP contribution >= 0.6 is 23.5 Å². The molecular weight excluding hydrogens is 278 g/mol. The third kappa shape index (κ3) is 4.62. The molecule has 104 valence electrons. The van der Waals surface area contributed by atoms with E-state index in [9.17, 15) is 4.79 Å². The number of carbonyl (C=O) groups is 1. The Morgan fingerprint density at radius 3 is 3.16 bits per heavy atom. The lowest BCUT2D eigenvalue weighted by molar-refractivity contribution is 0.0954. The maximum atomic E-state index is 12.1. The average molecular weight is 297 g/mol. The molecule has 2 rings (SSSR count). The molecular formula is C13H19N3OS2. The van der Waals surface area contributed by atoms with Gasteiger partial charge in [-0.2, -0.15) is 23.5 Å². The van der Waals surface area contributed by atoms with Crippen LogP contribution < -0.4 is 10.6 Å². The fourth-order valence-electron chi connectivity index (χ4n) is 1.81. The van der Waals surface area contributed by atoms with E-state index in [1.807, 2.05) is 30.4 Å². The van der Waals surface area contributed by atoms with E-state index >= 15 is 0 Å². The van der Waals surface area contributed by atoms with E-state index in [-0.39, 0.29) is 5.91 Å². The Bertz CT molecular complexity index is 422. The third-order valence-electron chi connectivity index (χ3n) is 2.76. The molecule has 6 heteroatoms. The number of anilines is 1. The highest BCUT2D eigenvalue weighted by molar-refractivity contribution is 8.06. The van der Waals surface area contributed by atoms with Crippen molar-refractivity contribution in [2.75, 3.05) is 35.7 Å². The van der Waals surface area contributed by atoms with Gasteiger partial charge in [0.05, 0.1) is 0 Å². The normalized spacial score (nSPS) is 18.9. The minimum absolute atomic E-state index is 0.0160. The predicted molar refractivity (Wildman–Crippen MR) is 84.3 cm³/mol. The molecule has 19 heavy (non-hydrogen) atoms. The van der Waals surface area contributed by atoms with Crippen LogP contribution in [0.5, 0.6) is 0 Å². The summed E-state index contributed by atoms with van der Waals surface area (Å²) in [4.78, 5) is 16.2. The first kappa shape index (κ1) is 14.5. The molecule has 1 unspecified atom stereocenters. The number of amides is 1. The van der Waals surface area contributed by atoms with Crippen LogP contribution in [0.25, 0.3) is 0 Å². The Morgan fingerprint density at radius 2 is 2.42 bits per heavy atom. The molecule has 0 radical (unpaired) electrons. The Labute approximate surface area is 122 Å². The van der Waals surface area contributed by atoms with Gasteiger partial charge in [-0.25, -0.2) is 4.98 Å². The second kappa shape index (κ2) is 7.65. The Balaban J connectivity index is 1.86. The largest absolute Gasteiger partial charge is 0.370 e. The maximum absolute atomic E-state index is 12.1. The second-order valence-corrected chi connectivity index (χ2v) is 6.80. The fourth-order valence-corrected chi connectivity index (χ4v) is 4.42. The highest BCUT2D eigenvalue weighted by Crippen LogP contribution is 2.23. The molecule has 1 aromatic heterocycles. The van der Waals surface area contributed by atoms with Crippen molar-refractivity contribution in [3.05, 3.63) is 23.9 Å². The minimum atomic E-state index is -0.0160. The van der Waals surface area contributed by atoms with Crippen molar-refractivity contribution in [2.24, 2.45) is 0 Å². The Morgan fingerprint density at radius 1 is 1.53 bits per heavy atom. The van der Waals surface area contributed by atoms with Crippen molar-refractivity contribution in [3.63, 3.8) is 0 Å². The Hall–Kier alpha value is -0.880. The summed E-state index contributed by atoms with van der Waals surface area (Å²) in [6.07, 6.45) is 1.66. The summed E-state index contributed by atoms with van der Waals surface area (Å²) >= 11 is 3.92. The molecule has 0 saturated carbocycles. The molecule has 1 aromatic rings. The van der Waals surface area contributed by atoms with E-state index < -0.39 is 0 Å². The van der Waals surface area contributed by atoms with Crippen molar-refractivity contribution in [2.45, 2.75) is 12.2 Å². The monoisotopic (exact) mass is 297 g/mol. The molecule has 1 aliphatic rings. The van der Waals surface area contributed by atoms with Crippen LogP contribution in [-0.4, -0.2) is 46.5 Å². The smallest absolute Gasteiger partial charge is 0.251 e. The van der Waals surface area contributed by atoms with Gasteiger partial charge < -0.3 is 10.6 Å². The number of thioether (sulfide) groups is 2. The Kier molecular flexibility index (Phi) is 5.85. The molecule has 1 atom stereocenters. The van der Waals surface area contributed by atoms with Gasteiger partial charge in [0, 0.05) is 47.4 Å². The predicted octanol–water partition coefficient (Wildman–Crippen LogP) is 2.09. The van der Waals surface area contributed by atoms with Gasteiger partial charge in [0.15, 0.2) is 0 Å². The molecule has 2 heterocycles. The number of nitrogens with zero attached hydrogens (tertiary/aromatic N) is 1. The number of aromatic nitrogens is 1. The van der Waals surface area contributed by atoms with Crippen LogP contribution in [0.1, 0.15) is 17.3 Å². The van der Waals surface area contributed by atoms with Crippen molar-refractivity contribution < 1.29 is 4.79 Å². The number of hydrogen-bond acceptors (Lipinski definition) is 5. The fraction of sp³-hybridized carbons (Fsp3) is 0.538. The van der Waals surface area contributed by atoms with Gasteiger partial charge in [-0.15, -0.1) is 0 Å². The quantitative estimate of drug-likeness (QED) is 0.871. The molecule has 4 nitrogen and oxygen atoms in total. The number of carbonyl (C=O) groups excluding carboxylic acids is 1. The third-order valence-corrected chi connectivity index (χ3v) is 5.60. The summed E-state index contributed by atoms with van der Waals surface area (Å²) in [5.41, 5.74) is 0.666. The number of nitrogens with one attached hydrogen (secondary N) is 2. The van der Waals surface area contributed by atoms with Crippen molar-refractivity contribution in [1.29, 1.82) is 0 Å². The highest BCUT2D eigenvalue weighted by atomic mass is 32.2. The zero-order valence-electron chi connectivity index (χ0n) is 11.0.